The number of carbonyl (C=O) groups excluding carboxylic acids is 1. The maximum atomic E-state index is 13.5. The van der Waals surface area contributed by atoms with Gasteiger partial charge in [0.15, 0.2) is 0 Å². The van der Waals surface area contributed by atoms with Crippen LogP contribution < -0.4 is 10.2 Å². The number of hydrogen-bond acceptors (Lipinski definition) is 4. The molecule has 5 nitrogen and oxygen atoms in total. The third-order valence-corrected chi connectivity index (χ3v) is 3.17. The fourth-order valence-electron chi connectivity index (χ4n) is 1.99. The van der Waals surface area contributed by atoms with E-state index in [1.807, 2.05) is 18.7 Å². The van der Waals surface area contributed by atoms with Crippen molar-refractivity contribution >= 4 is 17.4 Å². The van der Waals surface area contributed by atoms with Crippen molar-refractivity contribution < 1.29 is 13.6 Å². The van der Waals surface area contributed by atoms with Crippen LogP contribution in [0.1, 0.15) is 24.3 Å². The first-order chi connectivity index (χ1) is 10.6. The number of hydrogen-bond donors (Lipinski definition) is 1. The number of amides is 1. The topological polar surface area (TPSA) is 58.1 Å². The first-order valence-electron chi connectivity index (χ1n) is 6.89. The zero-order valence-electron chi connectivity index (χ0n) is 12.3. The Morgan fingerprint density at radius 3 is 2.41 bits per heavy atom. The molecule has 0 bridgehead atoms. The van der Waals surface area contributed by atoms with Gasteiger partial charge in [-0.25, -0.2) is 18.7 Å². The summed E-state index contributed by atoms with van der Waals surface area (Å²) in [4.78, 5) is 22.0. The van der Waals surface area contributed by atoms with Crippen molar-refractivity contribution in [1.29, 1.82) is 0 Å². The molecule has 1 amide bonds. The van der Waals surface area contributed by atoms with Crippen molar-refractivity contribution in [2.75, 3.05) is 23.3 Å². The third-order valence-electron chi connectivity index (χ3n) is 3.17. The molecule has 7 heteroatoms. The molecule has 0 aliphatic rings. The Balaban J connectivity index is 2.25. The minimum atomic E-state index is -0.841. The molecule has 0 spiro atoms. The lowest BCUT2D eigenvalue weighted by Gasteiger charge is -2.19. The summed E-state index contributed by atoms with van der Waals surface area (Å²) < 4.78 is 27.1. The second kappa shape index (κ2) is 6.93. The molecular formula is C15H16F2N4O. The number of halogens is 2. The van der Waals surface area contributed by atoms with E-state index in [-0.39, 0.29) is 5.69 Å². The van der Waals surface area contributed by atoms with Gasteiger partial charge in [-0.1, -0.05) is 6.07 Å². The highest BCUT2D eigenvalue weighted by molar-refractivity contribution is 6.03. The smallest absolute Gasteiger partial charge is 0.274 e. The van der Waals surface area contributed by atoms with Crippen molar-refractivity contribution in [2.45, 2.75) is 13.8 Å². The molecule has 0 aliphatic carbocycles. The molecule has 116 valence electrons. The lowest BCUT2D eigenvalue weighted by molar-refractivity contribution is 0.102. The molecule has 0 saturated heterocycles. The molecule has 1 N–H and O–H groups in total. The van der Waals surface area contributed by atoms with Gasteiger partial charge in [0.1, 0.15) is 35.2 Å². The van der Waals surface area contributed by atoms with Gasteiger partial charge in [-0.2, -0.15) is 0 Å². The van der Waals surface area contributed by atoms with E-state index in [9.17, 15) is 13.6 Å². The summed E-state index contributed by atoms with van der Waals surface area (Å²) in [5, 5.41) is 2.20. The first-order valence-corrected chi connectivity index (χ1v) is 6.89. The Kier molecular flexibility index (Phi) is 4.98. The Hall–Kier alpha value is -2.57. The van der Waals surface area contributed by atoms with Gasteiger partial charge in [0.25, 0.3) is 5.91 Å². The minimum Gasteiger partial charge on any atom is -0.357 e. The summed E-state index contributed by atoms with van der Waals surface area (Å²) in [7, 11) is 0. The Morgan fingerprint density at radius 1 is 1.18 bits per heavy atom. The van der Waals surface area contributed by atoms with Gasteiger partial charge in [-0.05, 0) is 26.0 Å². The highest BCUT2D eigenvalue weighted by Crippen LogP contribution is 2.19. The molecule has 0 fully saturated rings. The van der Waals surface area contributed by atoms with Crippen LogP contribution in [-0.2, 0) is 0 Å². The molecule has 1 heterocycles. The second-order valence-electron chi connectivity index (χ2n) is 4.48. The summed E-state index contributed by atoms with van der Waals surface area (Å²) >= 11 is 0. The largest absolute Gasteiger partial charge is 0.357 e. The molecular weight excluding hydrogens is 290 g/mol. The fraction of sp³-hybridized carbons (Fsp3) is 0.267. The van der Waals surface area contributed by atoms with E-state index < -0.39 is 23.2 Å². The van der Waals surface area contributed by atoms with Crippen molar-refractivity contribution in [3.8, 4) is 0 Å². The number of nitrogens with zero attached hydrogens (tertiary/aromatic N) is 3. The lowest BCUT2D eigenvalue weighted by Crippen LogP contribution is -2.24. The van der Waals surface area contributed by atoms with E-state index in [0.29, 0.717) is 5.82 Å². The van der Waals surface area contributed by atoms with Gasteiger partial charge < -0.3 is 10.2 Å². The zero-order valence-corrected chi connectivity index (χ0v) is 12.3. The average Bonchev–Trinajstić information content (AvgIpc) is 2.52. The molecule has 22 heavy (non-hydrogen) atoms. The quantitative estimate of drug-likeness (QED) is 0.923. The number of benzene rings is 1. The van der Waals surface area contributed by atoms with Crippen LogP contribution in [0.2, 0.25) is 0 Å². The van der Waals surface area contributed by atoms with E-state index in [0.717, 1.165) is 25.2 Å². The molecule has 0 radical (unpaired) electrons. The van der Waals surface area contributed by atoms with Gasteiger partial charge >= 0.3 is 0 Å². The summed E-state index contributed by atoms with van der Waals surface area (Å²) in [5.74, 6) is -1.79. The summed E-state index contributed by atoms with van der Waals surface area (Å²) in [5.41, 5.74) is -0.449. The van der Waals surface area contributed by atoms with Crippen molar-refractivity contribution in [3.05, 3.63) is 47.9 Å². The van der Waals surface area contributed by atoms with Crippen LogP contribution in [0.4, 0.5) is 20.3 Å². The summed E-state index contributed by atoms with van der Waals surface area (Å²) in [6.45, 7) is 5.35. The van der Waals surface area contributed by atoms with Gasteiger partial charge in [0, 0.05) is 19.2 Å². The van der Waals surface area contributed by atoms with Gasteiger partial charge in [0.05, 0.1) is 0 Å². The predicted octanol–water partition coefficient (Wildman–Crippen LogP) is 2.85. The summed E-state index contributed by atoms with van der Waals surface area (Å²) in [6.07, 6.45) is 1.25. The maximum Gasteiger partial charge on any atom is 0.274 e. The van der Waals surface area contributed by atoms with E-state index in [4.69, 9.17) is 0 Å². The van der Waals surface area contributed by atoms with E-state index in [2.05, 4.69) is 15.3 Å². The fourth-order valence-corrected chi connectivity index (χ4v) is 1.99. The average molecular weight is 306 g/mol. The molecule has 0 saturated carbocycles. The van der Waals surface area contributed by atoms with E-state index in [1.54, 1.807) is 0 Å². The van der Waals surface area contributed by atoms with Crippen molar-refractivity contribution in [2.24, 2.45) is 0 Å². The SMILES string of the molecule is CCN(CC)c1cc(C(=O)Nc2c(F)cccc2F)ncn1. The van der Waals surface area contributed by atoms with Crippen LogP contribution in [0.25, 0.3) is 0 Å². The van der Waals surface area contributed by atoms with Crippen molar-refractivity contribution in [3.63, 3.8) is 0 Å². The van der Waals surface area contributed by atoms with E-state index >= 15 is 0 Å². The molecule has 1 aromatic heterocycles. The van der Waals surface area contributed by atoms with Crippen molar-refractivity contribution in [1.82, 2.24) is 9.97 Å². The van der Waals surface area contributed by atoms with E-state index in [1.165, 1.54) is 18.5 Å². The van der Waals surface area contributed by atoms with Crippen LogP contribution in [-0.4, -0.2) is 29.0 Å². The summed E-state index contributed by atoms with van der Waals surface area (Å²) in [6, 6.07) is 4.85. The Labute approximate surface area is 127 Å². The first kappa shape index (κ1) is 15.8. The second-order valence-corrected chi connectivity index (χ2v) is 4.48. The molecule has 0 aliphatic heterocycles. The maximum absolute atomic E-state index is 13.5. The Bertz CT molecular complexity index is 654. The normalized spacial score (nSPS) is 10.4. The molecule has 0 unspecified atom stereocenters. The molecule has 1 aromatic carbocycles. The number of para-hydroxylation sites is 1. The molecule has 2 rings (SSSR count). The van der Waals surface area contributed by atoms with Gasteiger partial charge in [-0.3, -0.25) is 4.79 Å². The van der Waals surface area contributed by atoms with Crippen LogP contribution in [0.5, 0.6) is 0 Å². The number of nitrogens with one attached hydrogen (secondary N) is 1. The van der Waals surface area contributed by atoms with Crippen LogP contribution >= 0.6 is 0 Å². The highest BCUT2D eigenvalue weighted by Gasteiger charge is 2.15. The monoisotopic (exact) mass is 306 g/mol. The highest BCUT2D eigenvalue weighted by atomic mass is 19.1. The van der Waals surface area contributed by atoms with Gasteiger partial charge in [0.2, 0.25) is 0 Å². The Morgan fingerprint density at radius 2 is 1.82 bits per heavy atom. The standard InChI is InChI=1S/C15H16F2N4O/c1-3-21(4-2)13-8-12(18-9-19-13)15(22)20-14-10(16)6-5-7-11(14)17/h5-9H,3-4H2,1-2H3,(H,20,22). The number of anilines is 2. The predicted molar refractivity (Wildman–Crippen MR) is 79.9 cm³/mol. The number of carbonyl (C=O) groups is 1. The zero-order chi connectivity index (χ0) is 16.1. The third kappa shape index (κ3) is 3.36. The van der Waals surface area contributed by atoms with Crippen LogP contribution in [0.3, 0.4) is 0 Å². The lowest BCUT2D eigenvalue weighted by atomic mass is 10.2. The molecule has 2 aromatic rings. The van der Waals surface area contributed by atoms with Crippen LogP contribution in [0, 0.1) is 11.6 Å². The van der Waals surface area contributed by atoms with Crippen LogP contribution in [0.15, 0.2) is 30.6 Å². The minimum absolute atomic E-state index is 0.0413. The number of aromatic nitrogens is 2. The molecule has 0 atom stereocenters. The number of rotatable bonds is 5. The van der Waals surface area contributed by atoms with Gasteiger partial charge in [-0.15, -0.1) is 0 Å².